The van der Waals surface area contributed by atoms with E-state index < -0.39 is 5.41 Å². The third-order valence-corrected chi connectivity index (χ3v) is 5.16. The Morgan fingerprint density at radius 2 is 2.00 bits per heavy atom. The third-order valence-electron chi connectivity index (χ3n) is 3.98. The summed E-state index contributed by atoms with van der Waals surface area (Å²) in [5, 5.41) is 9.46. The SMILES string of the molecule is CC(C)(C#N)CCCC(C)(C(=O)CBr)c1cccc(I)c1. The van der Waals surface area contributed by atoms with E-state index in [1.54, 1.807) is 0 Å². The molecule has 21 heavy (non-hydrogen) atoms. The van der Waals surface area contributed by atoms with Gasteiger partial charge in [0.25, 0.3) is 0 Å². The predicted octanol–water partition coefficient (Wildman–Crippen LogP) is 5.23. The van der Waals surface area contributed by atoms with E-state index in [4.69, 9.17) is 5.26 Å². The lowest BCUT2D eigenvalue weighted by Crippen LogP contribution is -2.34. The molecule has 0 radical (unpaired) electrons. The summed E-state index contributed by atoms with van der Waals surface area (Å²) in [6, 6.07) is 10.5. The van der Waals surface area contributed by atoms with E-state index in [0.29, 0.717) is 5.33 Å². The Labute approximate surface area is 149 Å². The molecule has 1 atom stereocenters. The topological polar surface area (TPSA) is 40.9 Å². The van der Waals surface area contributed by atoms with Crippen LogP contribution in [0.3, 0.4) is 0 Å². The zero-order valence-electron chi connectivity index (χ0n) is 12.7. The summed E-state index contributed by atoms with van der Waals surface area (Å²) in [4.78, 5) is 12.5. The van der Waals surface area contributed by atoms with Crippen molar-refractivity contribution in [3.8, 4) is 6.07 Å². The normalized spacial score (nSPS) is 14.3. The average Bonchev–Trinajstić information content (AvgIpc) is 2.46. The van der Waals surface area contributed by atoms with Crippen LogP contribution in [0, 0.1) is 20.3 Å². The van der Waals surface area contributed by atoms with E-state index in [-0.39, 0.29) is 11.2 Å². The minimum atomic E-state index is -0.490. The van der Waals surface area contributed by atoms with Crippen molar-refractivity contribution in [1.29, 1.82) is 5.26 Å². The Balaban J connectivity index is 2.96. The highest BCUT2D eigenvalue weighted by Gasteiger charge is 2.34. The first-order valence-corrected chi connectivity index (χ1v) is 9.22. The summed E-state index contributed by atoms with van der Waals surface area (Å²) in [7, 11) is 0. The molecular weight excluding hydrogens is 441 g/mol. The molecule has 0 bridgehead atoms. The first kappa shape index (κ1) is 18.6. The Kier molecular flexibility index (Phi) is 6.86. The highest BCUT2D eigenvalue weighted by Crippen LogP contribution is 2.34. The number of carbonyl (C=O) groups excluding carboxylic acids is 1. The first-order valence-electron chi connectivity index (χ1n) is 7.02. The maximum absolute atomic E-state index is 12.5. The second-order valence-corrected chi connectivity index (χ2v) is 8.05. The Hall–Kier alpha value is -0.410. The summed E-state index contributed by atoms with van der Waals surface area (Å²) >= 11 is 5.58. The van der Waals surface area contributed by atoms with Gasteiger partial charge in [0, 0.05) is 3.57 Å². The molecule has 0 N–H and O–H groups in total. The van der Waals surface area contributed by atoms with Gasteiger partial charge in [-0.05, 0) is 73.9 Å². The molecule has 0 saturated heterocycles. The van der Waals surface area contributed by atoms with Crippen LogP contribution in [0.4, 0.5) is 0 Å². The van der Waals surface area contributed by atoms with Crippen molar-refractivity contribution in [3.05, 3.63) is 33.4 Å². The quantitative estimate of drug-likeness (QED) is 0.411. The summed E-state index contributed by atoms with van der Waals surface area (Å²) in [6.45, 7) is 5.91. The van der Waals surface area contributed by atoms with Crippen molar-refractivity contribution < 1.29 is 4.79 Å². The van der Waals surface area contributed by atoms with Gasteiger partial charge in [-0.15, -0.1) is 0 Å². The average molecular weight is 462 g/mol. The van der Waals surface area contributed by atoms with E-state index in [2.05, 4.69) is 50.7 Å². The van der Waals surface area contributed by atoms with E-state index in [9.17, 15) is 4.79 Å². The van der Waals surface area contributed by atoms with Gasteiger partial charge in [0.15, 0.2) is 5.78 Å². The number of benzene rings is 1. The Bertz CT molecular complexity index is 550. The fourth-order valence-electron chi connectivity index (χ4n) is 2.36. The second kappa shape index (κ2) is 7.73. The second-order valence-electron chi connectivity index (χ2n) is 6.25. The standard InChI is InChI=1S/C17H21BrINO/c1-16(2,12-20)8-5-9-17(3,15(21)11-18)13-6-4-7-14(19)10-13/h4,6-7,10H,5,8-9,11H2,1-3H3. The lowest BCUT2D eigenvalue weighted by atomic mass is 9.74. The molecule has 0 amide bonds. The van der Waals surface area contributed by atoms with Crippen LogP contribution < -0.4 is 0 Å². The van der Waals surface area contributed by atoms with Crippen LogP contribution in [-0.4, -0.2) is 11.1 Å². The predicted molar refractivity (Wildman–Crippen MR) is 98.6 cm³/mol. The van der Waals surface area contributed by atoms with Gasteiger partial charge in [-0.1, -0.05) is 34.5 Å². The van der Waals surface area contributed by atoms with E-state index in [1.807, 2.05) is 39.0 Å². The fourth-order valence-corrected chi connectivity index (χ4v) is 3.53. The minimum absolute atomic E-state index is 0.194. The number of rotatable bonds is 7. The van der Waals surface area contributed by atoms with Crippen molar-refractivity contribution in [2.24, 2.45) is 5.41 Å². The van der Waals surface area contributed by atoms with Gasteiger partial charge in [0.2, 0.25) is 0 Å². The van der Waals surface area contributed by atoms with Crippen LogP contribution >= 0.6 is 38.5 Å². The lowest BCUT2D eigenvalue weighted by Gasteiger charge is -2.29. The highest BCUT2D eigenvalue weighted by molar-refractivity contribution is 14.1. The lowest BCUT2D eigenvalue weighted by molar-refractivity contribution is -0.121. The number of halogens is 2. The van der Waals surface area contributed by atoms with Crippen molar-refractivity contribution >= 4 is 44.3 Å². The zero-order chi connectivity index (χ0) is 16.1. The molecule has 2 nitrogen and oxygen atoms in total. The molecule has 0 saturated carbocycles. The number of hydrogen-bond donors (Lipinski definition) is 0. The van der Waals surface area contributed by atoms with Crippen LogP contribution in [0.2, 0.25) is 0 Å². The Morgan fingerprint density at radius 3 is 2.52 bits per heavy atom. The summed E-state index contributed by atoms with van der Waals surface area (Å²) in [5.74, 6) is 0.194. The summed E-state index contributed by atoms with van der Waals surface area (Å²) < 4.78 is 1.14. The van der Waals surface area contributed by atoms with Gasteiger partial charge in [0.05, 0.1) is 22.2 Å². The van der Waals surface area contributed by atoms with Crippen LogP contribution in [0.1, 0.15) is 45.6 Å². The molecule has 4 heteroatoms. The molecule has 1 aromatic rings. The summed E-state index contributed by atoms with van der Waals surface area (Å²) in [5.41, 5.74) is 0.244. The highest BCUT2D eigenvalue weighted by atomic mass is 127. The van der Waals surface area contributed by atoms with Crippen molar-refractivity contribution in [2.45, 2.75) is 45.4 Å². The minimum Gasteiger partial charge on any atom is -0.298 e. The molecule has 0 aliphatic heterocycles. The molecule has 0 aromatic heterocycles. The van der Waals surface area contributed by atoms with Gasteiger partial charge in [-0.25, -0.2) is 0 Å². The van der Waals surface area contributed by atoms with Gasteiger partial charge in [-0.3, -0.25) is 4.79 Å². The smallest absolute Gasteiger partial charge is 0.153 e. The number of alkyl halides is 1. The number of Topliss-reactive ketones (excluding diaryl/α,β-unsaturated/α-hetero) is 1. The largest absolute Gasteiger partial charge is 0.298 e. The Morgan fingerprint density at radius 1 is 1.33 bits per heavy atom. The number of hydrogen-bond acceptors (Lipinski definition) is 2. The summed E-state index contributed by atoms with van der Waals surface area (Å²) in [6.07, 6.45) is 2.43. The van der Waals surface area contributed by atoms with Crippen LogP contribution in [-0.2, 0) is 10.2 Å². The maximum Gasteiger partial charge on any atom is 0.153 e. The molecular formula is C17H21BrINO. The number of carbonyl (C=O) groups is 1. The van der Waals surface area contributed by atoms with Crippen molar-refractivity contribution in [1.82, 2.24) is 0 Å². The van der Waals surface area contributed by atoms with E-state index >= 15 is 0 Å². The third kappa shape index (κ3) is 5.07. The molecule has 114 valence electrons. The zero-order valence-corrected chi connectivity index (χ0v) is 16.5. The van der Waals surface area contributed by atoms with Gasteiger partial charge < -0.3 is 0 Å². The molecule has 1 rings (SSSR count). The van der Waals surface area contributed by atoms with E-state index in [0.717, 1.165) is 28.4 Å². The van der Waals surface area contributed by atoms with Crippen LogP contribution in [0.5, 0.6) is 0 Å². The molecule has 0 fully saturated rings. The molecule has 0 aliphatic carbocycles. The number of nitrogens with zero attached hydrogens (tertiary/aromatic N) is 1. The van der Waals surface area contributed by atoms with Gasteiger partial charge in [0.1, 0.15) is 0 Å². The molecule has 1 unspecified atom stereocenters. The van der Waals surface area contributed by atoms with Crippen LogP contribution in [0.15, 0.2) is 24.3 Å². The molecule has 0 heterocycles. The number of ketones is 1. The van der Waals surface area contributed by atoms with Crippen LogP contribution in [0.25, 0.3) is 0 Å². The molecule has 1 aromatic carbocycles. The fraction of sp³-hybridized carbons (Fsp3) is 0.529. The molecule has 0 spiro atoms. The van der Waals surface area contributed by atoms with Crippen molar-refractivity contribution in [2.75, 3.05) is 5.33 Å². The van der Waals surface area contributed by atoms with Crippen molar-refractivity contribution in [3.63, 3.8) is 0 Å². The van der Waals surface area contributed by atoms with Gasteiger partial charge in [-0.2, -0.15) is 5.26 Å². The number of nitriles is 1. The maximum atomic E-state index is 12.5. The monoisotopic (exact) mass is 461 g/mol. The first-order chi connectivity index (χ1) is 9.75. The molecule has 0 aliphatic rings. The van der Waals surface area contributed by atoms with Gasteiger partial charge >= 0.3 is 0 Å². The van der Waals surface area contributed by atoms with E-state index in [1.165, 1.54) is 0 Å².